The van der Waals surface area contributed by atoms with E-state index < -0.39 is 0 Å². The van der Waals surface area contributed by atoms with Crippen molar-refractivity contribution in [2.24, 2.45) is 0 Å². The number of nitrogens with one attached hydrogen (secondary N) is 1. The Morgan fingerprint density at radius 3 is 2.63 bits per heavy atom. The van der Waals surface area contributed by atoms with Crippen LogP contribution in [0.3, 0.4) is 0 Å². The van der Waals surface area contributed by atoms with Crippen LogP contribution < -0.4 is 5.32 Å². The van der Waals surface area contributed by atoms with E-state index in [1.807, 2.05) is 0 Å². The van der Waals surface area contributed by atoms with Crippen LogP contribution in [0, 0.1) is 0 Å². The van der Waals surface area contributed by atoms with Gasteiger partial charge in [0.05, 0.1) is 6.10 Å². The van der Waals surface area contributed by atoms with Gasteiger partial charge < -0.3 is 15.0 Å². The largest absolute Gasteiger partial charge is 0.378 e. The number of ether oxygens (including phenoxy) is 1. The molecule has 3 heteroatoms. The summed E-state index contributed by atoms with van der Waals surface area (Å²) < 4.78 is 5.63. The maximum atomic E-state index is 5.63. The van der Waals surface area contributed by atoms with E-state index in [-0.39, 0.29) is 0 Å². The first-order valence-electron chi connectivity index (χ1n) is 8.39. The number of rotatable bonds is 8. The summed E-state index contributed by atoms with van der Waals surface area (Å²) in [6.45, 7) is 4.51. The lowest BCUT2D eigenvalue weighted by atomic mass is 9.94. The van der Waals surface area contributed by atoms with Crippen molar-refractivity contribution < 1.29 is 4.74 Å². The van der Waals surface area contributed by atoms with Crippen LogP contribution in [0.4, 0.5) is 0 Å². The average Bonchev–Trinajstić information content (AvgIpc) is 2.96. The third-order valence-corrected chi connectivity index (χ3v) is 4.73. The Balaban J connectivity index is 1.42. The minimum atomic E-state index is 0.539. The van der Waals surface area contributed by atoms with Crippen LogP contribution in [-0.2, 0) is 4.74 Å². The molecule has 19 heavy (non-hydrogen) atoms. The van der Waals surface area contributed by atoms with Gasteiger partial charge in [0.2, 0.25) is 0 Å². The van der Waals surface area contributed by atoms with E-state index in [0.717, 1.165) is 25.7 Å². The molecule has 2 fully saturated rings. The average molecular weight is 268 g/mol. The quantitative estimate of drug-likeness (QED) is 0.685. The van der Waals surface area contributed by atoms with Crippen LogP contribution in [0.25, 0.3) is 0 Å². The van der Waals surface area contributed by atoms with Gasteiger partial charge in [-0.2, -0.15) is 0 Å². The highest BCUT2D eigenvalue weighted by Gasteiger charge is 2.17. The minimum absolute atomic E-state index is 0.539. The Labute approximate surface area is 119 Å². The summed E-state index contributed by atoms with van der Waals surface area (Å²) in [4.78, 5) is 2.58. The summed E-state index contributed by atoms with van der Waals surface area (Å²) in [7, 11) is 2.31. The zero-order chi connectivity index (χ0) is 13.3. The summed E-state index contributed by atoms with van der Waals surface area (Å²) >= 11 is 0. The Hall–Kier alpha value is -0.120. The van der Waals surface area contributed by atoms with Crippen molar-refractivity contribution in [3.63, 3.8) is 0 Å². The predicted octanol–water partition coefficient (Wildman–Crippen LogP) is 2.80. The fourth-order valence-electron chi connectivity index (χ4n) is 3.42. The monoisotopic (exact) mass is 268 g/mol. The summed E-state index contributed by atoms with van der Waals surface area (Å²) in [5.41, 5.74) is 0. The SMILES string of the molecule is CN(CCCNCCC1CCCO1)C1CCCCC1. The van der Waals surface area contributed by atoms with Crippen molar-refractivity contribution in [2.75, 3.05) is 33.3 Å². The molecule has 1 saturated heterocycles. The van der Waals surface area contributed by atoms with Crippen molar-refractivity contribution in [3.8, 4) is 0 Å². The lowest BCUT2D eigenvalue weighted by molar-refractivity contribution is 0.104. The van der Waals surface area contributed by atoms with Gasteiger partial charge >= 0.3 is 0 Å². The van der Waals surface area contributed by atoms with Crippen LogP contribution in [0.2, 0.25) is 0 Å². The van der Waals surface area contributed by atoms with Crippen molar-refractivity contribution in [2.45, 2.75) is 69.9 Å². The van der Waals surface area contributed by atoms with E-state index in [0.29, 0.717) is 6.10 Å². The fraction of sp³-hybridized carbons (Fsp3) is 1.00. The molecule has 0 amide bonds. The fourth-order valence-corrected chi connectivity index (χ4v) is 3.42. The highest BCUT2D eigenvalue weighted by atomic mass is 16.5. The van der Waals surface area contributed by atoms with E-state index >= 15 is 0 Å². The molecule has 2 rings (SSSR count). The smallest absolute Gasteiger partial charge is 0.0588 e. The molecule has 0 spiro atoms. The van der Waals surface area contributed by atoms with Gasteiger partial charge in [-0.05, 0) is 65.2 Å². The summed E-state index contributed by atoms with van der Waals surface area (Å²) in [5.74, 6) is 0. The first-order chi connectivity index (χ1) is 9.36. The predicted molar refractivity (Wildman–Crippen MR) is 80.6 cm³/mol. The molecule has 1 atom stereocenters. The van der Waals surface area contributed by atoms with Gasteiger partial charge in [-0.3, -0.25) is 0 Å². The normalized spacial score (nSPS) is 25.3. The van der Waals surface area contributed by atoms with Gasteiger partial charge in [-0.1, -0.05) is 19.3 Å². The number of hydrogen-bond donors (Lipinski definition) is 1. The van der Waals surface area contributed by atoms with Crippen molar-refractivity contribution in [3.05, 3.63) is 0 Å². The molecule has 1 saturated carbocycles. The number of hydrogen-bond acceptors (Lipinski definition) is 3. The van der Waals surface area contributed by atoms with Crippen LogP contribution >= 0.6 is 0 Å². The van der Waals surface area contributed by atoms with Gasteiger partial charge in [-0.25, -0.2) is 0 Å². The van der Waals surface area contributed by atoms with E-state index in [2.05, 4.69) is 17.3 Å². The maximum Gasteiger partial charge on any atom is 0.0588 e. The van der Waals surface area contributed by atoms with Gasteiger partial charge in [0.25, 0.3) is 0 Å². The molecule has 1 aliphatic carbocycles. The van der Waals surface area contributed by atoms with E-state index in [4.69, 9.17) is 4.74 Å². The topological polar surface area (TPSA) is 24.5 Å². The molecule has 0 aromatic carbocycles. The Morgan fingerprint density at radius 2 is 1.89 bits per heavy atom. The van der Waals surface area contributed by atoms with E-state index in [1.165, 1.54) is 64.3 Å². The third-order valence-electron chi connectivity index (χ3n) is 4.73. The summed E-state index contributed by atoms with van der Waals surface area (Å²) in [5, 5.41) is 3.56. The van der Waals surface area contributed by atoms with Crippen LogP contribution in [0.15, 0.2) is 0 Å². The number of nitrogens with zero attached hydrogens (tertiary/aromatic N) is 1. The molecule has 1 unspecified atom stereocenters. The highest BCUT2D eigenvalue weighted by Crippen LogP contribution is 2.21. The highest BCUT2D eigenvalue weighted by molar-refractivity contribution is 4.73. The molecular formula is C16H32N2O. The first kappa shape index (κ1) is 15.3. The van der Waals surface area contributed by atoms with Crippen molar-refractivity contribution in [1.82, 2.24) is 10.2 Å². The molecule has 112 valence electrons. The van der Waals surface area contributed by atoms with E-state index in [9.17, 15) is 0 Å². The van der Waals surface area contributed by atoms with Crippen LogP contribution in [0.1, 0.15) is 57.8 Å². The molecule has 0 aromatic heterocycles. The molecule has 0 aromatic rings. The maximum absolute atomic E-state index is 5.63. The van der Waals surface area contributed by atoms with Crippen LogP contribution in [0.5, 0.6) is 0 Å². The van der Waals surface area contributed by atoms with Crippen molar-refractivity contribution in [1.29, 1.82) is 0 Å². The molecule has 2 aliphatic rings. The first-order valence-corrected chi connectivity index (χ1v) is 8.39. The lowest BCUT2D eigenvalue weighted by Crippen LogP contribution is -2.35. The molecule has 1 heterocycles. The molecule has 3 nitrogen and oxygen atoms in total. The van der Waals surface area contributed by atoms with Gasteiger partial charge in [0.1, 0.15) is 0 Å². The molecule has 0 radical (unpaired) electrons. The van der Waals surface area contributed by atoms with E-state index in [1.54, 1.807) is 0 Å². The summed E-state index contributed by atoms with van der Waals surface area (Å²) in [6, 6.07) is 0.862. The third kappa shape index (κ3) is 5.80. The standard InChI is InChI=1S/C16H32N2O/c1-18(15-7-3-2-4-8-15)13-6-11-17-12-10-16-9-5-14-19-16/h15-17H,2-14H2,1H3. The zero-order valence-electron chi connectivity index (χ0n) is 12.7. The van der Waals surface area contributed by atoms with Gasteiger partial charge in [-0.15, -0.1) is 0 Å². The van der Waals surface area contributed by atoms with Gasteiger partial charge in [0.15, 0.2) is 0 Å². The lowest BCUT2D eigenvalue weighted by Gasteiger charge is -2.31. The molecule has 1 N–H and O–H groups in total. The Bertz CT molecular complexity index is 223. The zero-order valence-corrected chi connectivity index (χ0v) is 12.7. The van der Waals surface area contributed by atoms with Crippen LogP contribution in [-0.4, -0.2) is 50.3 Å². The minimum Gasteiger partial charge on any atom is -0.378 e. The second-order valence-corrected chi connectivity index (χ2v) is 6.30. The molecular weight excluding hydrogens is 236 g/mol. The van der Waals surface area contributed by atoms with Crippen molar-refractivity contribution >= 4 is 0 Å². The molecule has 1 aliphatic heterocycles. The second-order valence-electron chi connectivity index (χ2n) is 6.30. The molecule has 0 bridgehead atoms. The summed E-state index contributed by atoms with van der Waals surface area (Å²) in [6.07, 6.45) is 12.7. The van der Waals surface area contributed by atoms with Gasteiger partial charge in [0, 0.05) is 12.6 Å². The Kier molecular flexibility index (Phi) is 7.18. The second kappa shape index (κ2) is 8.93. The Morgan fingerprint density at radius 1 is 1.05 bits per heavy atom.